The van der Waals surface area contributed by atoms with Gasteiger partial charge in [0.15, 0.2) is 0 Å². The van der Waals surface area contributed by atoms with E-state index in [0.717, 1.165) is 0 Å². The Kier molecular flexibility index (Phi) is 13.9. The Labute approximate surface area is 106 Å². The van der Waals surface area contributed by atoms with Crippen LogP contribution in [0.3, 0.4) is 0 Å². The van der Waals surface area contributed by atoms with Gasteiger partial charge in [0.05, 0.1) is 6.61 Å². The van der Waals surface area contributed by atoms with E-state index in [1.165, 1.54) is 19.1 Å². The molecule has 0 spiro atoms. The molecule has 0 aromatic heterocycles. The summed E-state index contributed by atoms with van der Waals surface area (Å²) in [6.45, 7) is 3.18. The van der Waals surface area contributed by atoms with E-state index in [0.29, 0.717) is 6.42 Å². The summed E-state index contributed by atoms with van der Waals surface area (Å²) in [5, 5.41) is 24.7. The summed E-state index contributed by atoms with van der Waals surface area (Å²) in [7, 11) is 0. The van der Waals surface area contributed by atoms with Crippen molar-refractivity contribution in [3.63, 3.8) is 0 Å². The van der Waals surface area contributed by atoms with Gasteiger partial charge in [0.25, 0.3) is 0 Å². The zero-order chi connectivity index (χ0) is 14.4. The standard InChI is InChI=1S/2C6H10O3/c1-5(6(8)9)3-2-4-7;1-2-3-6(8)9-5-4-7/h3,7H,2,4H2,1H3,(H,8,9);2-3,7H,4-5H2,1H3. The molecule has 0 aliphatic carbocycles. The maximum Gasteiger partial charge on any atom is 0.330 e. The number of hydrogen-bond donors (Lipinski definition) is 3. The van der Waals surface area contributed by atoms with E-state index < -0.39 is 11.9 Å². The fourth-order valence-corrected chi connectivity index (χ4v) is 0.699. The highest BCUT2D eigenvalue weighted by Crippen LogP contribution is 1.93. The summed E-state index contributed by atoms with van der Waals surface area (Å²) in [6, 6.07) is 0. The number of hydrogen-bond acceptors (Lipinski definition) is 5. The van der Waals surface area contributed by atoms with E-state index in [1.54, 1.807) is 13.0 Å². The Hall–Kier alpha value is -1.66. The van der Waals surface area contributed by atoms with E-state index in [-0.39, 0.29) is 25.4 Å². The van der Waals surface area contributed by atoms with Gasteiger partial charge in [-0.2, -0.15) is 0 Å². The Bertz CT molecular complexity index is 293. The number of ether oxygens (including phenoxy) is 1. The van der Waals surface area contributed by atoms with Gasteiger partial charge in [-0.1, -0.05) is 12.2 Å². The summed E-state index contributed by atoms with van der Waals surface area (Å²) >= 11 is 0. The van der Waals surface area contributed by atoms with Gasteiger partial charge >= 0.3 is 11.9 Å². The van der Waals surface area contributed by atoms with E-state index in [9.17, 15) is 9.59 Å². The van der Waals surface area contributed by atoms with Crippen molar-refractivity contribution in [2.24, 2.45) is 0 Å². The molecule has 0 rings (SSSR count). The number of carbonyl (C=O) groups is 2. The average molecular weight is 260 g/mol. The monoisotopic (exact) mass is 260 g/mol. The number of rotatable bonds is 6. The summed E-state index contributed by atoms with van der Waals surface area (Å²) in [6.07, 6.45) is 4.79. The van der Waals surface area contributed by atoms with E-state index in [2.05, 4.69) is 4.74 Å². The van der Waals surface area contributed by atoms with Crippen LogP contribution in [0, 0.1) is 0 Å². The fraction of sp³-hybridized carbons (Fsp3) is 0.500. The van der Waals surface area contributed by atoms with Crippen LogP contribution in [0.4, 0.5) is 0 Å². The Morgan fingerprint density at radius 3 is 2.22 bits per heavy atom. The van der Waals surface area contributed by atoms with Crippen molar-refractivity contribution in [3.8, 4) is 0 Å². The minimum atomic E-state index is -0.927. The van der Waals surface area contributed by atoms with Gasteiger partial charge in [0.1, 0.15) is 6.61 Å². The molecule has 0 saturated carbocycles. The highest BCUT2D eigenvalue weighted by atomic mass is 16.5. The van der Waals surface area contributed by atoms with Crippen molar-refractivity contribution in [1.29, 1.82) is 0 Å². The van der Waals surface area contributed by atoms with Gasteiger partial charge in [-0.05, 0) is 20.3 Å². The van der Waals surface area contributed by atoms with E-state index in [1.807, 2.05) is 0 Å². The fourth-order valence-electron chi connectivity index (χ4n) is 0.699. The van der Waals surface area contributed by atoms with E-state index in [4.69, 9.17) is 15.3 Å². The molecule has 104 valence electrons. The van der Waals surface area contributed by atoms with Crippen LogP contribution in [0.2, 0.25) is 0 Å². The van der Waals surface area contributed by atoms with Crippen molar-refractivity contribution in [1.82, 2.24) is 0 Å². The predicted octanol–water partition coefficient (Wildman–Crippen LogP) is 0.498. The van der Waals surface area contributed by atoms with Gasteiger partial charge < -0.3 is 20.1 Å². The zero-order valence-electron chi connectivity index (χ0n) is 10.6. The van der Waals surface area contributed by atoms with Crippen molar-refractivity contribution in [2.45, 2.75) is 20.3 Å². The Balaban J connectivity index is 0. The highest BCUT2D eigenvalue weighted by molar-refractivity contribution is 5.85. The van der Waals surface area contributed by atoms with Crippen LogP contribution >= 0.6 is 0 Å². The second-order valence-electron chi connectivity index (χ2n) is 3.10. The first kappa shape index (κ1) is 18.7. The lowest BCUT2D eigenvalue weighted by atomic mass is 10.2. The first-order chi connectivity index (χ1) is 8.49. The molecule has 0 heterocycles. The number of esters is 1. The molecule has 0 bridgehead atoms. The van der Waals surface area contributed by atoms with Gasteiger partial charge in [0.2, 0.25) is 0 Å². The van der Waals surface area contributed by atoms with Crippen molar-refractivity contribution < 1.29 is 29.6 Å². The van der Waals surface area contributed by atoms with Crippen molar-refractivity contribution in [2.75, 3.05) is 19.8 Å². The molecule has 6 heteroatoms. The first-order valence-electron chi connectivity index (χ1n) is 5.40. The maximum atomic E-state index is 10.4. The zero-order valence-corrected chi connectivity index (χ0v) is 10.6. The highest BCUT2D eigenvalue weighted by Gasteiger charge is 1.96. The van der Waals surface area contributed by atoms with Crippen LogP contribution < -0.4 is 0 Å². The summed E-state index contributed by atoms with van der Waals surface area (Å²) < 4.78 is 4.46. The molecule has 0 radical (unpaired) electrons. The third-order valence-electron chi connectivity index (χ3n) is 1.56. The lowest BCUT2D eigenvalue weighted by Gasteiger charge is -1.95. The number of aliphatic hydroxyl groups excluding tert-OH is 2. The van der Waals surface area contributed by atoms with E-state index >= 15 is 0 Å². The molecule has 18 heavy (non-hydrogen) atoms. The molecule has 3 N–H and O–H groups in total. The first-order valence-corrected chi connectivity index (χ1v) is 5.40. The summed E-state index contributed by atoms with van der Waals surface area (Å²) in [5.41, 5.74) is 0.282. The molecule has 0 aliphatic heterocycles. The predicted molar refractivity (Wildman–Crippen MR) is 66.0 cm³/mol. The van der Waals surface area contributed by atoms with Crippen LogP contribution in [-0.4, -0.2) is 47.1 Å². The molecule has 6 nitrogen and oxygen atoms in total. The molecular weight excluding hydrogens is 240 g/mol. The van der Waals surface area contributed by atoms with Crippen LogP contribution in [0.5, 0.6) is 0 Å². The minimum absolute atomic E-state index is 0.00458. The van der Waals surface area contributed by atoms with Crippen molar-refractivity contribution in [3.05, 3.63) is 23.8 Å². The topological polar surface area (TPSA) is 104 Å². The smallest absolute Gasteiger partial charge is 0.330 e. The Morgan fingerprint density at radius 1 is 1.22 bits per heavy atom. The SMILES string of the molecule is CC(=CCCO)C(=O)O.CC=CC(=O)OCCO. The van der Waals surface area contributed by atoms with Crippen LogP contribution in [0.1, 0.15) is 20.3 Å². The molecule has 0 amide bonds. The second kappa shape index (κ2) is 13.4. The van der Waals surface area contributed by atoms with Crippen LogP contribution in [-0.2, 0) is 14.3 Å². The molecule has 0 aliphatic rings. The summed E-state index contributed by atoms with van der Waals surface area (Å²) in [5.74, 6) is -1.34. The van der Waals surface area contributed by atoms with Gasteiger partial charge in [-0.15, -0.1) is 0 Å². The van der Waals surface area contributed by atoms with Gasteiger partial charge in [-0.3, -0.25) is 0 Å². The number of aliphatic carboxylic acids is 1. The van der Waals surface area contributed by atoms with Gasteiger partial charge in [-0.25, -0.2) is 9.59 Å². The third-order valence-corrected chi connectivity index (χ3v) is 1.56. The minimum Gasteiger partial charge on any atom is -0.478 e. The largest absolute Gasteiger partial charge is 0.478 e. The number of carboxylic acids is 1. The molecule has 0 saturated heterocycles. The average Bonchev–Trinajstić information content (AvgIpc) is 2.34. The van der Waals surface area contributed by atoms with Crippen molar-refractivity contribution >= 4 is 11.9 Å². The molecular formula is C12H20O6. The lowest BCUT2D eigenvalue weighted by Crippen LogP contribution is -2.04. The number of allylic oxidation sites excluding steroid dienone is 1. The quantitative estimate of drug-likeness (QED) is 0.474. The third kappa shape index (κ3) is 14.3. The number of carboxylic acid groups (broad SMARTS) is 1. The Morgan fingerprint density at radius 2 is 1.83 bits per heavy atom. The van der Waals surface area contributed by atoms with Gasteiger partial charge in [0, 0.05) is 18.3 Å². The molecule has 0 aromatic rings. The molecule has 0 atom stereocenters. The van der Waals surface area contributed by atoms with Crippen LogP contribution in [0.25, 0.3) is 0 Å². The van der Waals surface area contributed by atoms with Crippen LogP contribution in [0.15, 0.2) is 23.8 Å². The number of carbonyl (C=O) groups excluding carboxylic acids is 1. The second-order valence-corrected chi connectivity index (χ2v) is 3.10. The molecule has 0 unspecified atom stereocenters. The summed E-state index contributed by atoms with van der Waals surface area (Å²) in [4.78, 5) is 20.4. The maximum absolute atomic E-state index is 10.4. The molecule has 0 aromatic carbocycles. The normalized spacial score (nSPS) is 10.8. The lowest BCUT2D eigenvalue weighted by molar-refractivity contribution is -0.138. The number of aliphatic hydroxyl groups is 2. The molecule has 0 fully saturated rings.